The van der Waals surface area contributed by atoms with E-state index >= 15 is 0 Å². The number of anilines is 1. The lowest BCUT2D eigenvalue weighted by atomic mass is 10.0. The molecule has 0 atom stereocenters. The molecule has 3 aliphatic rings. The molecule has 38 heavy (non-hydrogen) atoms. The van der Waals surface area contributed by atoms with Crippen molar-refractivity contribution in [3.8, 4) is 0 Å². The van der Waals surface area contributed by atoms with Crippen molar-refractivity contribution in [2.24, 2.45) is 0 Å². The molecule has 2 heterocycles. The van der Waals surface area contributed by atoms with Gasteiger partial charge in [0.05, 0.1) is 5.56 Å². The van der Waals surface area contributed by atoms with Crippen molar-refractivity contribution in [3.63, 3.8) is 0 Å². The van der Waals surface area contributed by atoms with E-state index in [0.29, 0.717) is 12.5 Å². The zero-order chi connectivity index (χ0) is 26.2. The number of rotatable bonds is 7. The summed E-state index contributed by atoms with van der Waals surface area (Å²) < 4.78 is 0. The normalized spacial score (nSPS) is 20.2. The zero-order valence-corrected chi connectivity index (χ0v) is 22.8. The summed E-state index contributed by atoms with van der Waals surface area (Å²) in [5.74, 6) is 0.295. The fraction of sp³-hybridized carbons (Fsp3) is 0.562. The first-order chi connectivity index (χ1) is 18.7. The van der Waals surface area contributed by atoms with Gasteiger partial charge in [-0.1, -0.05) is 68.1 Å². The minimum absolute atomic E-state index is 0.130. The van der Waals surface area contributed by atoms with Crippen LogP contribution >= 0.6 is 0 Å². The van der Waals surface area contributed by atoms with Gasteiger partial charge in [-0.15, -0.1) is 0 Å². The number of para-hydroxylation sites is 1. The number of amides is 2. The van der Waals surface area contributed by atoms with Gasteiger partial charge >= 0.3 is 0 Å². The highest BCUT2D eigenvalue weighted by atomic mass is 16.2. The molecule has 0 bridgehead atoms. The van der Waals surface area contributed by atoms with E-state index in [1.807, 2.05) is 36.4 Å². The Morgan fingerprint density at radius 2 is 1.39 bits per heavy atom. The van der Waals surface area contributed by atoms with Gasteiger partial charge in [-0.3, -0.25) is 14.5 Å². The van der Waals surface area contributed by atoms with Crippen molar-refractivity contribution in [1.29, 1.82) is 0 Å². The molecule has 1 N–H and O–H groups in total. The minimum Gasteiger partial charge on any atom is -0.371 e. The Morgan fingerprint density at radius 3 is 2.11 bits per heavy atom. The van der Waals surface area contributed by atoms with Crippen molar-refractivity contribution in [3.05, 3.63) is 65.7 Å². The van der Waals surface area contributed by atoms with E-state index in [9.17, 15) is 9.59 Å². The van der Waals surface area contributed by atoms with Crippen LogP contribution in [0, 0.1) is 0 Å². The third-order valence-electron chi connectivity index (χ3n) is 8.76. The smallest absolute Gasteiger partial charge is 0.256 e. The standard InChI is InChI=1S/C32H44N4O2/c37-31(17-16-26-10-4-3-5-11-26)33-27-18-20-35(21-19-27)30-15-9-8-14-29(30)32(38)36-24-22-34(23-25-36)28-12-6-1-2-7-13-28/h3-5,8-11,14-15,27-28H,1-2,6-7,12-13,16-25H2,(H,33,37). The average molecular weight is 517 g/mol. The van der Waals surface area contributed by atoms with E-state index in [2.05, 4.69) is 38.2 Å². The summed E-state index contributed by atoms with van der Waals surface area (Å²) in [5.41, 5.74) is 3.06. The van der Waals surface area contributed by atoms with Gasteiger partial charge in [-0.2, -0.15) is 0 Å². The second kappa shape index (κ2) is 13.3. The van der Waals surface area contributed by atoms with Crippen molar-refractivity contribution < 1.29 is 9.59 Å². The van der Waals surface area contributed by atoms with Crippen molar-refractivity contribution >= 4 is 17.5 Å². The molecular weight excluding hydrogens is 472 g/mol. The molecule has 3 fully saturated rings. The van der Waals surface area contributed by atoms with Crippen LogP contribution in [-0.2, 0) is 11.2 Å². The molecule has 1 saturated carbocycles. The predicted molar refractivity (Wildman–Crippen MR) is 154 cm³/mol. The third kappa shape index (κ3) is 6.96. The number of hydrogen-bond acceptors (Lipinski definition) is 4. The molecule has 2 saturated heterocycles. The van der Waals surface area contributed by atoms with E-state index in [1.165, 1.54) is 44.1 Å². The molecule has 6 nitrogen and oxygen atoms in total. The molecule has 5 rings (SSSR count). The van der Waals surface area contributed by atoms with Crippen molar-refractivity contribution in [1.82, 2.24) is 15.1 Å². The second-order valence-electron chi connectivity index (χ2n) is 11.3. The Hall–Kier alpha value is -2.86. The van der Waals surface area contributed by atoms with Gasteiger partial charge in [-0.05, 0) is 49.8 Å². The molecule has 2 aromatic carbocycles. The molecule has 0 unspecified atom stereocenters. The highest BCUT2D eigenvalue weighted by Crippen LogP contribution is 2.27. The predicted octanol–water partition coefficient (Wildman–Crippen LogP) is 4.89. The molecule has 6 heteroatoms. The van der Waals surface area contributed by atoms with Crippen LogP contribution in [-0.4, -0.2) is 73.0 Å². The average Bonchev–Trinajstić information content (AvgIpc) is 3.27. The number of carbonyl (C=O) groups excluding carboxylic acids is 2. The van der Waals surface area contributed by atoms with E-state index < -0.39 is 0 Å². The molecule has 2 aliphatic heterocycles. The van der Waals surface area contributed by atoms with Gasteiger partial charge in [-0.25, -0.2) is 0 Å². The first-order valence-corrected chi connectivity index (χ1v) is 14.9. The number of nitrogens with one attached hydrogen (secondary N) is 1. The van der Waals surface area contributed by atoms with Crippen LogP contribution < -0.4 is 10.2 Å². The van der Waals surface area contributed by atoms with Gasteiger partial charge in [0.25, 0.3) is 5.91 Å². The molecular formula is C32H44N4O2. The van der Waals surface area contributed by atoms with Crippen LogP contribution in [0.1, 0.15) is 73.7 Å². The topological polar surface area (TPSA) is 55.9 Å². The fourth-order valence-electron chi connectivity index (χ4n) is 6.48. The third-order valence-corrected chi connectivity index (χ3v) is 8.76. The molecule has 0 spiro atoms. The SMILES string of the molecule is O=C(CCc1ccccc1)NC1CCN(c2ccccc2C(=O)N2CCN(C3CCCCCC3)CC2)CC1. The molecule has 2 amide bonds. The highest BCUT2D eigenvalue weighted by Gasteiger charge is 2.29. The Balaban J connectivity index is 1.11. The maximum Gasteiger partial charge on any atom is 0.256 e. The van der Waals surface area contributed by atoms with Gasteiger partial charge in [0, 0.05) is 63.5 Å². The molecule has 204 valence electrons. The molecule has 0 aromatic heterocycles. The lowest BCUT2D eigenvalue weighted by Gasteiger charge is -2.40. The summed E-state index contributed by atoms with van der Waals surface area (Å²) in [5, 5.41) is 3.24. The van der Waals surface area contributed by atoms with Gasteiger partial charge in [0.2, 0.25) is 5.91 Å². The van der Waals surface area contributed by atoms with Crippen LogP contribution in [0.4, 0.5) is 5.69 Å². The Labute approximate surface area is 228 Å². The number of piperazine rings is 1. The maximum atomic E-state index is 13.6. The first kappa shape index (κ1) is 26.7. The lowest BCUT2D eigenvalue weighted by molar-refractivity contribution is -0.121. The quantitative estimate of drug-likeness (QED) is 0.533. The summed E-state index contributed by atoms with van der Waals surface area (Å²) in [7, 11) is 0. The maximum absolute atomic E-state index is 13.6. The van der Waals surface area contributed by atoms with E-state index in [1.54, 1.807) is 0 Å². The van der Waals surface area contributed by atoms with Crippen LogP contribution in [0.15, 0.2) is 54.6 Å². The van der Waals surface area contributed by atoms with Gasteiger partial charge in [0.1, 0.15) is 0 Å². The lowest BCUT2D eigenvalue weighted by Crippen LogP contribution is -2.52. The number of hydrogen-bond donors (Lipinski definition) is 1. The Bertz CT molecular complexity index is 1030. The van der Waals surface area contributed by atoms with E-state index in [0.717, 1.165) is 69.8 Å². The molecule has 1 aliphatic carbocycles. The van der Waals surface area contributed by atoms with Gasteiger partial charge < -0.3 is 15.1 Å². The molecule has 2 aromatic rings. The van der Waals surface area contributed by atoms with Crippen molar-refractivity contribution in [2.45, 2.75) is 76.3 Å². The zero-order valence-electron chi connectivity index (χ0n) is 22.8. The summed E-state index contributed by atoms with van der Waals surface area (Å²) >= 11 is 0. The van der Waals surface area contributed by atoms with Gasteiger partial charge in [0.15, 0.2) is 0 Å². The minimum atomic E-state index is 0.130. The van der Waals surface area contributed by atoms with Crippen molar-refractivity contribution in [2.75, 3.05) is 44.2 Å². The van der Waals surface area contributed by atoms with Crippen LogP contribution in [0.2, 0.25) is 0 Å². The largest absolute Gasteiger partial charge is 0.371 e. The van der Waals surface area contributed by atoms with E-state index in [4.69, 9.17) is 0 Å². The number of carbonyl (C=O) groups is 2. The summed E-state index contributed by atoms with van der Waals surface area (Å²) in [6, 6.07) is 19.2. The number of nitrogens with zero attached hydrogens (tertiary/aromatic N) is 3. The fourth-order valence-corrected chi connectivity index (χ4v) is 6.48. The van der Waals surface area contributed by atoms with Crippen LogP contribution in [0.5, 0.6) is 0 Å². The number of piperidine rings is 1. The van der Waals surface area contributed by atoms with Crippen LogP contribution in [0.25, 0.3) is 0 Å². The van der Waals surface area contributed by atoms with Crippen LogP contribution in [0.3, 0.4) is 0 Å². The summed E-state index contributed by atoms with van der Waals surface area (Å²) in [6.45, 7) is 5.33. The van der Waals surface area contributed by atoms with E-state index in [-0.39, 0.29) is 17.9 Å². The first-order valence-electron chi connectivity index (χ1n) is 14.9. The second-order valence-corrected chi connectivity index (χ2v) is 11.3. The number of aryl methyl sites for hydroxylation is 1. The number of benzene rings is 2. The highest BCUT2D eigenvalue weighted by molar-refractivity contribution is 6.00. The Kier molecular flexibility index (Phi) is 9.34. The Morgan fingerprint density at radius 1 is 0.737 bits per heavy atom. The summed E-state index contributed by atoms with van der Waals surface area (Å²) in [6.07, 6.45) is 11.2. The monoisotopic (exact) mass is 516 g/mol. The molecule has 0 radical (unpaired) electrons. The summed E-state index contributed by atoms with van der Waals surface area (Å²) in [4.78, 5) is 33.2.